The number of carboxylic acid groups (broad SMARTS) is 1. The van der Waals surface area contributed by atoms with Crippen molar-refractivity contribution in [3.8, 4) is 0 Å². The molecule has 0 aromatic carbocycles. The van der Waals surface area contributed by atoms with Gasteiger partial charge >= 0.3 is 5.97 Å². The van der Waals surface area contributed by atoms with Crippen molar-refractivity contribution in [1.29, 1.82) is 0 Å². The predicted molar refractivity (Wildman–Crippen MR) is 46.7 cm³/mol. The van der Waals surface area contributed by atoms with Crippen LogP contribution in [0, 0.1) is 0 Å². The van der Waals surface area contributed by atoms with E-state index in [2.05, 4.69) is 4.99 Å². The fraction of sp³-hybridized carbons (Fsp3) is 0.429. The molecule has 0 aromatic rings. The monoisotopic (exact) mass is 171 g/mol. The number of carbonyl (C=O) groups is 1. The molecular weight excluding hydrogens is 158 g/mol. The fourth-order valence-electron chi connectivity index (χ4n) is 0.642. The minimum Gasteiger partial charge on any atom is -0.480 e. The Hall–Kier alpha value is -1.36. The lowest BCUT2D eigenvalue weighted by Crippen LogP contribution is -2.30. The molecule has 5 heteroatoms. The zero-order valence-electron chi connectivity index (χ0n) is 6.90. The molecule has 5 N–H and O–H groups in total. The zero-order chi connectivity index (χ0) is 9.56. The number of carboxylic acids is 1. The first-order chi connectivity index (χ1) is 5.61. The first-order valence-corrected chi connectivity index (χ1v) is 3.49. The molecule has 0 amide bonds. The van der Waals surface area contributed by atoms with Crippen LogP contribution in [0.5, 0.6) is 0 Å². The van der Waals surface area contributed by atoms with Crippen LogP contribution in [0.2, 0.25) is 0 Å². The van der Waals surface area contributed by atoms with Gasteiger partial charge in [0.05, 0.1) is 5.70 Å². The van der Waals surface area contributed by atoms with Crippen molar-refractivity contribution in [3.63, 3.8) is 0 Å². The summed E-state index contributed by atoms with van der Waals surface area (Å²) in [6.45, 7) is 1.72. The smallest absolute Gasteiger partial charge is 0.320 e. The summed E-state index contributed by atoms with van der Waals surface area (Å²) < 4.78 is 0. The van der Waals surface area contributed by atoms with Crippen molar-refractivity contribution >= 4 is 12.2 Å². The van der Waals surface area contributed by atoms with Gasteiger partial charge in [0.1, 0.15) is 6.04 Å². The lowest BCUT2D eigenvalue weighted by Gasteiger charge is -2.04. The van der Waals surface area contributed by atoms with Gasteiger partial charge in [0.25, 0.3) is 0 Å². The lowest BCUT2D eigenvalue weighted by molar-refractivity contribution is -0.138. The van der Waals surface area contributed by atoms with Crippen LogP contribution in [0.3, 0.4) is 0 Å². The summed E-state index contributed by atoms with van der Waals surface area (Å²) in [5.41, 5.74) is 10.9. The fourth-order valence-corrected chi connectivity index (χ4v) is 0.642. The molecule has 0 bridgehead atoms. The average Bonchev–Trinajstić information content (AvgIpc) is 2.03. The molecular formula is C7H13N3O2. The summed E-state index contributed by atoms with van der Waals surface area (Å²) in [5, 5.41) is 8.45. The lowest BCUT2D eigenvalue weighted by atomic mass is 10.2. The van der Waals surface area contributed by atoms with Crippen molar-refractivity contribution in [1.82, 2.24) is 0 Å². The van der Waals surface area contributed by atoms with E-state index in [1.807, 2.05) is 0 Å². The van der Waals surface area contributed by atoms with E-state index in [1.54, 1.807) is 6.92 Å². The Morgan fingerprint density at radius 2 is 2.33 bits per heavy atom. The molecule has 68 valence electrons. The van der Waals surface area contributed by atoms with E-state index in [-0.39, 0.29) is 6.42 Å². The van der Waals surface area contributed by atoms with Crippen molar-refractivity contribution in [3.05, 3.63) is 11.9 Å². The molecule has 0 saturated heterocycles. The van der Waals surface area contributed by atoms with E-state index < -0.39 is 12.0 Å². The van der Waals surface area contributed by atoms with Crippen LogP contribution in [0.1, 0.15) is 13.3 Å². The summed E-state index contributed by atoms with van der Waals surface area (Å²) in [4.78, 5) is 14.1. The Morgan fingerprint density at radius 1 is 1.75 bits per heavy atom. The molecule has 0 aliphatic carbocycles. The van der Waals surface area contributed by atoms with E-state index >= 15 is 0 Å². The molecule has 0 radical (unpaired) electrons. The molecule has 0 saturated carbocycles. The van der Waals surface area contributed by atoms with Gasteiger partial charge in [0.2, 0.25) is 0 Å². The topological polar surface area (TPSA) is 102 Å². The maximum atomic E-state index is 10.3. The molecule has 0 unspecified atom stereocenters. The highest BCUT2D eigenvalue weighted by molar-refractivity contribution is 5.73. The molecule has 0 aliphatic heterocycles. The highest BCUT2D eigenvalue weighted by Crippen LogP contribution is 2.03. The first-order valence-electron chi connectivity index (χ1n) is 3.49. The summed E-state index contributed by atoms with van der Waals surface area (Å²) in [6, 6.07) is -0.941. The van der Waals surface area contributed by atoms with Crippen LogP contribution in [0.15, 0.2) is 16.9 Å². The normalized spacial score (nSPS) is 15.0. The van der Waals surface area contributed by atoms with Crippen LogP contribution < -0.4 is 11.5 Å². The Balaban J connectivity index is 4.13. The third-order valence-electron chi connectivity index (χ3n) is 1.23. The number of hydrogen-bond acceptors (Lipinski definition) is 4. The Morgan fingerprint density at radius 3 is 2.67 bits per heavy atom. The minimum atomic E-state index is -1.05. The van der Waals surface area contributed by atoms with E-state index in [0.29, 0.717) is 5.70 Å². The average molecular weight is 171 g/mol. The standard InChI is InChI=1S/C7H13N3O2/c1-2-10-5(4-8)3-6(9)7(11)12/h2,4,6H,3,8-9H2,1H3,(H,11,12)/b5-4-,10-2?/t6-/m0/s1. The van der Waals surface area contributed by atoms with Gasteiger partial charge in [-0.15, -0.1) is 0 Å². The third kappa shape index (κ3) is 3.72. The van der Waals surface area contributed by atoms with Gasteiger partial charge in [-0.25, -0.2) is 0 Å². The van der Waals surface area contributed by atoms with Crippen LogP contribution in [0.4, 0.5) is 0 Å². The molecule has 0 fully saturated rings. The van der Waals surface area contributed by atoms with E-state index in [0.717, 1.165) is 0 Å². The molecule has 0 spiro atoms. The predicted octanol–water partition coefficient (Wildman–Crippen LogP) is -0.321. The number of nitrogens with two attached hydrogens (primary N) is 2. The summed E-state index contributed by atoms with van der Waals surface area (Å²) >= 11 is 0. The molecule has 0 aromatic heterocycles. The molecule has 0 heterocycles. The second kappa shape index (κ2) is 5.31. The second-order valence-electron chi connectivity index (χ2n) is 2.19. The first kappa shape index (κ1) is 10.6. The Kier molecular flexibility index (Phi) is 4.71. The SMILES string of the molecule is CC=N/C(=C\N)C[C@H](N)C(=O)O. The van der Waals surface area contributed by atoms with Gasteiger partial charge in [-0.1, -0.05) is 0 Å². The van der Waals surface area contributed by atoms with Gasteiger partial charge in [-0.05, 0) is 6.92 Å². The van der Waals surface area contributed by atoms with Crippen molar-refractivity contribution in [2.45, 2.75) is 19.4 Å². The van der Waals surface area contributed by atoms with E-state index in [9.17, 15) is 4.79 Å². The summed E-state index contributed by atoms with van der Waals surface area (Å²) in [6.07, 6.45) is 2.94. The molecule has 12 heavy (non-hydrogen) atoms. The molecule has 0 aliphatic rings. The van der Waals surface area contributed by atoms with Gasteiger partial charge in [0.15, 0.2) is 0 Å². The third-order valence-corrected chi connectivity index (χ3v) is 1.23. The number of nitrogens with zero attached hydrogens (tertiary/aromatic N) is 1. The van der Waals surface area contributed by atoms with Crippen molar-refractivity contribution < 1.29 is 9.90 Å². The molecule has 0 rings (SSSR count). The van der Waals surface area contributed by atoms with E-state index in [1.165, 1.54) is 12.4 Å². The highest BCUT2D eigenvalue weighted by Gasteiger charge is 2.12. The van der Waals surface area contributed by atoms with Crippen LogP contribution in [-0.4, -0.2) is 23.3 Å². The number of aliphatic carboxylic acids is 1. The Bertz CT molecular complexity index is 211. The molecule has 5 nitrogen and oxygen atoms in total. The molecule has 1 atom stereocenters. The maximum Gasteiger partial charge on any atom is 0.320 e. The second-order valence-corrected chi connectivity index (χ2v) is 2.19. The minimum absolute atomic E-state index is 0.149. The van der Waals surface area contributed by atoms with Gasteiger partial charge < -0.3 is 16.6 Å². The van der Waals surface area contributed by atoms with Gasteiger partial charge in [-0.3, -0.25) is 9.79 Å². The van der Waals surface area contributed by atoms with Crippen molar-refractivity contribution in [2.75, 3.05) is 0 Å². The quantitative estimate of drug-likeness (QED) is 0.504. The zero-order valence-corrected chi connectivity index (χ0v) is 6.90. The number of hydrogen-bond donors (Lipinski definition) is 3. The van der Waals surface area contributed by atoms with Crippen LogP contribution >= 0.6 is 0 Å². The number of aliphatic imine (C=N–C) groups is 1. The summed E-state index contributed by atoms with van der Waals surface area (Å²) in [7, 11) is 0. The number of rotatable bonds is 4. The van der Waals surface area contributed by atoms with Gasteiger partial charge in [-0.2, -0.15) is 0 Å². The van der Waals surface area contributed by atoms with Crippen LogP contribution in [-0.2, 0) is 4.79 Å². The van der Waals surface area contributed by atoms with Crippen molar-refractivity contribution in [2.24, 2.45) is 16.5 Å². The van der Waals surface area contributed by atoms with E-state index in [4.69, 9.17) is 16.6 Å². The van der Waals surface area contributed by atoms with Gasteiger partial charge in [0, 0.05) is 18.8 Å². The van der Waals surface area contributed by atoms with Crippen LogP contribution in [0.25, 0.3) is 0 Å². The largest absolute Gasteiger partial charge is 0.480 e. The Labute approximate surface area is 70.8 Å². The maximum absolute atomic E-state index is 10.3. The highest BCUT2D eigenvalue weighted by atomic mass is 16.4. The summed E-state index contributed by atoms with van der Waals surface area (Å²) in [5.74, 6) is -1.05.